The maximum Gasteiger partial charge on any atom is 0.191 e. The lowest BCUT2D eigenvalue weighted by Gasteiger charge is -2.43. The Hall–Kier alpha value is -0.850. The lowest BCUT2D eigenvalue weighted by atomic mass is 9.65. The number of halogens is 2. The van der Waals surface area contributed by atoms with Gasteiger partial charge in [0.25, 0.3) is 0 Å². The highest BCUT2D eigenvalue weighted by atomic mass is 127. The topological polar surface area (TPSA) is 36.4 Å². The van der Waals surface area contributed by atoms with Crippen molar-refractivity contribution >= 4 is 29.9 Å². The zero-order valence-electron chi connectivity index (χ0n) is 13.1. The van der Waals surface area contributed by atoms with Gasteiger partial charge in [-0.2, -0.15) is 0 Å². The summed E-state index contributed by atoms with van der Waals surface area (Å²) in [4.78, 5) is 4.28. The van der Waals surface area contributed by atoms with Gasteiger partial charge in [-0.05, 0) is 54.7 Å². The molecule has 2 aliphatic carbocycles. The molecule has 122 valence electrons. The second-order valence-electron chi connectivity index (χ2n) is 6.40. The van der Waals surface area contributed by atoms with E-state index in [0.717, 1.165) is 24.0 Å². The highest BCUT2D eigenvalue weighted by Gasteiger charge is 2.48. The van der Waals surface area contributed by atoms with Crippen LogP contribution in [0.1, 0.15) is 37.7 Å². The molecule has 2 N–H and O–H groups in total. The Morgan fingerprint density at radius 1 is 1.23 bits per heavy atom. The summed E-state index contributed by atoms with van der Waals surface area (Å²) in [7, 11) is 1.80. The molecule has 0 aromatic heterocycles. The molecular formula is C17H25FIN3. The first-order valence-electron chi connectivity index (χ1n) is 7.91. The van der Waals surface area contributed by atoms with E-state index in [9.17, 15) is 4.39 Å². The first-order chi connectivity index (χ1) is 10.2. The van der Waals surface area contributed by atoms with Crippen LogP contribution in [-0.2, 0) is 6.54 Å². The summed E-state index contributed by atoms with van der Waals surface area (Å²) >= 11 is 0. The smallest absolute Gasteiger partial charge is 0.191 e. The third kappa shape index (κ3) is 4.12. The van der Waals surface area contributed by atoms with Crippen LogP contribution < -0.4 is 10.6 Å². The molecule has 0 saturated heterocycles. The van der Waals surface area contributed by atoms with Crippen molar-refractivity contribution in [3.8, 4) is 0 Å². The summed E-state index contributed by atoms with van der Waals surface area (Å²) in [6.07, 6.45) is 6.91. The van der Waals surface area contributed by atoms with E-state index >= 15 is 0 Å². The van der Waals surface area contributed by atoms with E-state index in [1.807, 2.05) is 0 Å². The monoisotopic (exact) mass is 417 g/mol. The SMILES string of the molecule is CN=C(NCc1ccc(F)cc1)NCC1(C2CC2)CCC1.I. The van der Waals surface area contributed by atoms with Gasteiger partial charge < -0.3 is 10.6 Å². The number of nitrogens with zero attached hydrogens (tertiary/aromatic N) is 1. The number of hydrogen-bond donors (Lipinski definition) is 2. The number of benzene rings is 1. The lowest BCUT2D eigenvalue weighted by Crippen LogP contribution is -2.47. The molecule has 22 heavy (non-hydrogen) atoms. The Balaban J connectivity index is 0.00000176. The largest absolute Gasteiger partial charge is 0.356 e. The van der Waals surface area contributed by atoms with Crippen molar-refractivity contribution < 1.29 is 4.39 Å². The van der Waals surface area contributed by atoms with Gasteiger partial charge in [0.2, 0.25) is 0 Å². The van der Waals surface area contributed by atoms with Crippen molar-refractivity contribution in [2.45, 2.75) is 38.6 Å². The van der Waals surface area contributed by atoms with Gasteiger partial charge in [-0.3, -0.25) is 4.99 Å². The molecule has 0 amide bonds. The van der Waals surface area contributed by atoms with Crippen LogP contribution >= 0.6 is 24.0 Å². The van der Waals surface area contributed by atoms with Crippen molar-refractivity contribution in [1.82, 2.24) is 10.6 Å². The number of guanidine groups is 1. The first kappa shape index (κ1) is 17.5. The minimum Gasteiger partial charge on any atom is -0.356 e. The van der Waals surface area contributed by atoms with Crippen molar-refractivity contribution in [2.75, 3.05) is 13.6 Å². The van der Waals surface area contributed by atoms with E-state index in [4.69, 9.17) is 0 Å². The van der Waals surface area contributed by atoms with Crippen LogP contribution in [0.15, 0.2) is 29.3 Å². The predicted octanol–water partition coefficient (Wildman–Crippen LogP) is 3.69. The number of aliphatic imine (C=N–C) groups is 1. The van der Waals surface area contributed by atoms with Gasteiger partial charge in [0.05, 0.1) is 0 Å². The quantitative estimate of drug-likeness (QED) is 0.436. The summed E-state index contributed by atoms with van der Waals surface area (Å²) in [5, 5.41) is 6.78. The van der Waals surface area contributed by atoms with Gasteiger partial charge in [0.1, 0.15) is 5.82 Å². The normalized spacial score (nSPS) is 19.8. The molecule has 1 aromatic rings. The fourth-order valence-electron chi connectivity index (χ4n) is 3.32. The molecule has 2 saturated carbocycles. The molecule has 3 rings (SSSR count). The molecule has 3 nitrogen and oxygen atoms in total. The maximum absolute atomic E-state index is 12.9. The summed E-state index contributed by atoms with van der Waals surface area (Å²) in [5.74, 6) is 1.58. The maximum atomic E-state index is 12.9. The van der Waals surface area contributed by atoms with Gasteiger partial charge in [-0.15, -0.1) is 24.0 Å². The second kappa shape index (κ2) is 7.62. The second-order valence-corrected chi connectivity index (χ2v) is 6.40. The minimum atomic E-state index is -0.197. The molecule has 0 unspecified atom stereocenters. The molecule has 5 heteroatoms. The number of nitrogens with one attached hydrogen (secondary N) is 2. The van der Waals surface area contributed by atoms with Gasteiger partial charge >= 0.3 is 0 Å². The molecule has 0 spiro atoms. The predicted molar refractivity (Wildman–Crippen MR) is 99.0 cm³/mol. The van der Waals surface area contributed by atoms with Crippen LogP contribution in [-0.4, -0.2) is 19.6 Å². The highest BCUT2D eigenvalue weighted by Crippen LogP contribution is 2.56. The molecule has 0 atom stereocenters. The lowest BCUT2D eigenvalue weighted by molar-refractivity contribution is 0.106. The van der Waals surface area contributed by atoms with Crippen LogP contribution in [0.4, 0.5) is 4.39 Å². The summed E-state index contributed by atoms with van der Waals surface area (Å²) in [6.45, 7) is 1.69. The van der Waals surface area contributed by atoms with Gasteiger partial charge in [-0.25, -0.2) is 4.39 Å². The third-order valence-electron chi connectivity index (χ3n) is 5.00. The van der Waals surface area contributed by atoms with Gasteiger partial charge in [0.15, 0.2) is 5.96 Å². The van der Waals surface area contributed by atoms with Crippen LogP contribution in [0, 0.1) is 17.2 Å². The third-order valence-corrected chi connectivity index (χ3v) is 5.00. The minimum absolute atomic E-state index is 0. The van der Waals surface area contributed by atoms with Crippen LogP contribution in [0.25, 0.3) is 0 Å². The van der Waals surface area contributed by atoms with Crippen molar-refractivity contribution in [3.63, 3.8) is 0 Å². The van der Waals surface area contributed by atoms with E-state index in [0.29, 0.717) is 12.0 Å². The molecular weight excluding hydrogens is 392 g/mol. The molecule has 0 aliphatic heterocycles. The fourth-order valence-corrected chi connectivity index (χ4v) is 3.32. The van der Waals surface area contributed by atoms with Crippen molar-refractivity contribution in [3.05, 3.63) is 35.6 Å². The Morgan fingerprint density at radius 2 is 1.91 bits per heavy atom. The average molecular weight is 417 g/mol. The Bertz CT molecular complexity index is 507. The van der Waals surface area contributed by atoms with Crippen LogP contribution in [0.5, 0.6) is 0 Å². The van der Waals surface area contributed by atoms with Crippen LogP contribution in [0.2, 0.25) is 0 Å². The molecule has 1 aromatic carbocycles. The zero-order chi connectivity index (χ0) is 14.7. The van der Waals surface area contributed by atoms with Crippen LogP contribution in [0.3, 0.4) is 0 Å². The number of rotatable bonds is 5. The summed E-state index contributed by atoms with van der Waals surface area (Å²) in [6, 6.07) is 6.58. The standard InChI is InChI=1S/C17H24FN3.HI/c1-19-16(20-11-13-3-7-15(18)8-4-13)21-12-17(9-2-10-17)14-5-6-14;/h3-4,7-8,14H,2,5-6,9-12H2,1H3,(H2,19,20,21);1H. The summed E-state index contributed by atoms with van der Waals surface area (Å²) < 4.78 is 12.9. The van der Waals surface area contributed by atoms with E-state index in [1.54, 1.807) is 19.2 Å². The Kier molecular flexibility index (Phi) is 6.06. The molecule has 0 heterocycles. The first-order valence-corrected chi connectivity index (χ1v) is 7.91. The molecule has 0 bridgehead atoms. The van der Waals surface area contributed by atoms with E-state index in [1.165, 1.54) is 44.2 Å². The van der Waals surface area contributed by atoms with E-state index in [2.05, 4.69) is 15.6 Å². The Morgan fingerprint density at radius 3 is 2.41 bits per heavy atom. The van der Waals surface area contributed by atoms with E-state index in [-0.39, 0.29) is 29.8 Å². The van der Waals surface area contributed by atoms with Crippen molar-refractivity contribution in [1.29, 1.82) is 0 Å². The Labute approximate surface area is 149 Å². The van der Waals surface area contributed by atoms with E-state index < -0.39 is 0 Å². The highest BCUT2D eigenvalue weighted by molar-refractivity contribution is 14.0. The molecule has 0 radical (unpaired) electrons. The zero-order valence-corrected chi connectivity index (χ0v) is 15.4. The van der Waals surface area contributed by atoms with Crippen molar-refractivity contribution in [2.24, 2.45) is 16.3 Å². The van der Waals surface area contributed by atoms with Gasteiger partial charge in [0, 0.05) is 20.1 Å². The fraction of sp³-hybridized carbons (Fsp3) is 0.588. The van der Waals surface area contributed by atoms with Gasteiger partial charge in [-0.1, -0.05) is 18.6 Å². The average Bonchev–Trinajstić information content (AvgIpc) is 3.28. The molecule has 2 aliphatic rings. The summed E-state index contributed by atoms with van der Waals surface area (Å²) in [5.41, 5.74) is 1.59. The molecule has 2 fully saturated rings. The number of hydrogen-bond acceptors (Lipinski definition) is 1.